The molecule has 0 fully saturated rings. The van der Waals surface area contributed by atoms with Gasteiger partial charge in [0, 0.05) is 15.9 Å². The second-order valence-electron chi connectivity index (χ2n) is 6.59. The van der Waals surface area contributed by atoms with Crippen molar-refractivity contribution >= 4 is 38.9 Å². The zero-order valence-corrected chi connectivity index (χ0v) is 16.4. The standard InChI is InChI=1S/C18H20N2O5S2/c1-11-2-7-14-15(10-26-16(14)8-11)18(22)25-9-17(21)20-12-3-5-13(6-4-12)27(19,23)24/h3-6,10-11H,2,7-9H2,1H3,(H,20,21)(H2,19,23,24)/t11-/m1/s1. The first-order valence-electron chi connectivity index (χ1n) is 8.43. The van der Waals surface area contributed by atoms with Crippen LogP contribution in [0.2, 0.25) is 0 Å². The minimum absolute atomic E-state index is 0.0523. The maximum atomic E-state index is 12.3. The normalized spacial score (nSPS) is 16.4. The molecule has 0 radical (unpaired) electrons. The van der Waals surface area contributed by atoms with Crippen LogP contribution in [0, 0.1) is 5.92 Å². The van der Waals surface area contributed by atoms with E-state index >= 15 is 0 Å². The predicted molar refractivity (Wildman–Crippen MR) is 102 cm³/mol. The molecule has 27 heavy (non-hydrogen) atoms. The van der Waals surface area contributed by atoms with Gasteiger partial charge in [-0.3, -0.25) is 4.79 Å². The Morgan fingerprint density at radius 1 is 1.30 bits per heavy atom. The average molecular weight is 409 g/mol. The first-order valence-corrected chi connectivity index (χ1v) is 10.9. The van der Waals surface area contributed by atoms with E-state index in [-0.39, 0.29) is 4.90 Å². The van der Waals surface area contributed by atoms with E-state index in [0.717, 1.165) is 24.8 Å². The van der Waals surface area contributed by atoms with Crippen molar-refractivity contribution < 1.29 is 22.7 Å². The minimum Gasteiger partial charge on any atom is -0.452 e. The Kier molecular flexibility index (Phi) is 5.64. The second-order valence-corrected chi connectivity index (χ2v) is 9.12. The highest BCUT2D eigenvalue weighted by atomic mass is 32.2. The van der Waals surface area contributed by atoms with Gasteiger partial charge in [0.2, 0.25) is 10.0 Å². The van der Waals surface area contributed by atoms with Crippen molar-refractivity contribution in [2.45, 2.75) is 31.1 Å². The Morgan fingerprint density at radius 3 is 2.67 bits per heavy atom. The van der Waals surface area contributed by atoms with E-state index in [9.17, 15) is 18.0 Å². The Hall–Kier alpha value is -2.23. The van der Waals surface area contributed by atoms with Gasteiger partial charge in [0.1, 0.15) is 0 Å². The summed E-state index contributed by atoms with van der Waals surface area (Å²) >= 11 is 1.56. The molecule has 1 atom stereocenters. The fourth-order valence-electron chi connectivity index (χ4n) is 2.98. The SMILES string of the molecule is C[C@@H]1CCc2c(C(=O)OCC(=O)Nc3ccc(S(N)(=O)=O)cc3)csc2C1. The van der Waals surface area contributed by atoms with Crippen LogP contribution in [-0.4, -0.2) is 26.9 Å². The van der Waals surface area contributed by atoms with Gasteiger partial charge in [-0.2, -0.15) is 0 Å². The lowest BCUT2D eigenvalue weighted by atomic mass is 9.88. The van der Waals surface area contributed by atoms with E-state index in [2.05, 4.69) is 12.2 Å². The number of rotatable bonds is 5. The first kappa shape index (κ1) is 19.5. The number of sulfonamides is 1. The number of anilines is 1. The molecule has 144 valence electrons. The van der Waals surface area contributed by atoms with E-state index in [1.807, 2.05) is 0 Å². The molecule has 0 spiro atoms. The maximum absolute atomic E-state index is 12.3. The lowest BCUT2D eigenvalue weighted by molar-refractivity contribution is -0.119. The molecule has 3 rings (SSSR count). The highest BCUT2D eigenvalue weighted by molar-refractivity contribution is 7.89. The zero-order chi connectivity index (χ0) is 19.6. The summed E-state index contributed by atoms with van der Waals surface area (Å²) in [6.07, 6.45) is 2.87. The maximum Gasteiger partial charge on any atom is 0.339 e. The van der Waals surface area contributed by atoms with Gasteiger partial charge >= 0.3 is 5.97 Å². The third kappa shape index (κ3) is 4.74. The number of fused-ring (bicyclic) bond motifs is 1. The number of esters is 1. The van der Waals surface area contributed by atoms with Gasteiger partial charge in [-0.25, -0.2) is 18.4 Å². The largest absolute Gasteiger partial charge is 0.452 e. The molecule has 1 amide bonds. The molecule has 1 aliphatic carbocycles. The Morgan fingerprint density at radius 2 is 2.00 bits per heavy atom. The highest BCUT2D eigenvalue weighted by Crippen LogP contribution is 2.33. The summed E-state index contributed by atoms with van der Waals surface area (Å²) in [6, 6.07) is 5.40. The number of nitrogens with two attached hydrogens (primary N) is 1. The van der Waals surface area contributed by atoms with Crippen LogP contribution in [0.1, 0.15) is 34.1 Å². The summed E-state index contributed by atoms with van der Waals surface area (Å²) in [7, 11) is -3.79. The van der Waals surface area contributed by atoms with Gasteiger partial charge in [-0.15, -0.1) is 11.3 Å². The van der Waals surface area contributed by atoms with Gasteiger partial charge in [0.15, 0.2) is 6.61 Å². The van der Waals surface area contributed by atoms with Crippen molar-refractivity contribution in [3.05, 3.63) is 45.6 Å². The van der Waals surface area contributed by atoms with Crippen molar-refractivity contribution in [1.29, 1.82) is 0 Å². The fourth-order valence-corrected chi connectivity index (χ4v) is 4.73. The van der Waals surface area contributed by atoms with Crippen molar-refractivity contribution in [3.63, 3.8) is 0 Å². The molecule has 0 saturated heterocycles. The zero-order valence-electron chi connectivity index (χ0n) is 14.7. The predicted octanol–water partition coefficient (Wildman–Crippen LogP) is 2.32. The number of thiophene rings is 1. The summed E-state index contributed by atoms with van der Waals surface area (Å²) in [6.45, 7) is 1.78. The number of carbonyl (C=O) groups is 2. The smallest absolute Gasteiger partial charge is 0.339 e. The molecular weight excluding hydrogens is 388 g/mol. The third-order valence-corrected chi connectivity index (χ3v) is 6.40. The lowest BCUT2D eigenvalue weighted by Crippen LogP contribution is -2.21. The molecule has 2 aromatic rings. The van der Waals surface area contributed by atoms with Crippen molar-refractivity contribution in [1.82, 2.24) is 0 Å². The summed E-state index contributed by atoms with van der Waals surface area (Å²) < 4.78 is 27.6. The lowest BCUT2D eigenvalue weighted by Gasteiger charge is -2.18. The number of nitrogens with one attached hydrogen (secondary N) is 1. The van der Waals surface area contributed by atoms with Crippen LogP contribution in [0.15, 0.2) is 34.5 Å². The van der Waals surface area contributed by atoms with Crippen LogP contribution in [0.3, 0.4) is 0 Å². The van der Waals surface area contributed by atoms with Crippen LogP contribution in [-0.2, 0) is 32.4 Å². The highest BCUT2D eigenvalue weighted by Gasteiger charge is 2.24. The second kappa shape index (κ2) is 7.79. The first-order chi connectivity index (χ1) is 12.7. The van der Waals surface area contributed by atoms with Gasteiger partial charge in [-0.05, 0) is 55.0 Å². The third-order valence-electron chi connectivity index (χ3n) is 4.42. The molecule has 1 heterocycles. The minimum atomic E-state index is -3.79. The number of ether oxygens (including phenoxy) is 1. The van der Waals surface area contributed by atoms with Gasteiger partial charge in [0.25, 0.3) is 5.91 Å². The van der Waals surface area contributed by atoms with Crippen molar-refractivity contribution in [2.75, 3.05) is 11.9 Å². The fraction of sp³-hybridized carbons (Fsp3) is 0.333. The number of primary sulfonamides is 1. The van der Waals surface area contributed by atoms with Gasteiger partial charge < -0.3 is 10.1 Å². The molecular formula is C18H20N2O5S2. The van der Waals surface area contributed by atoms with Crippen LogP contribution in [0.4, 0.5) is 5.69 Å². The molecule has 0 aliphatic heterocycles. The molecule has 9 heteroatoms. The van der Waals surface area contributed by atoms with Crippen LogP contribution < -0.4 is 10.5 Å². The van der Waals surface area contributed by atoms with Crippen LogP contribution in [0.5, 0.6) is 0 Å². The number of hydrogen-bond acceptors (Lipinski definition) is 6. The van der Waals surface area contributed by atoms with Crippen LogP contribution >= 0.6 is 11.3 Å². The Bertz CT molecular complexity index is 964. The van der Waals surface area contributed by atoms with Gasteiger partial charge in [0.05, 0.1) is 10.5 Å². The molecule has 0 unspecified atom stereocenters. The van der Waals surface area contributed by atoms with E-state index < -0.39 is 28.5 Å². The van der Waals surface area contributed by atoms with Crippen molar-refractivity contribution in [3.8, 4) is 0 Å². The molecule has 1 aromatic carbocycles. The molecule has 0 saturated carbocycles. The summed E-state index contributed by atoms with van der Waals surface area (Å²) in [5, 5.41) is 9.36. The molecule has 0 bridgehead atoms. The van der Waals surface area contributed by atoms with E-state index in [4.69, 9.17) is 9.88 Å². The van der Waals surface area contributed by atoms with E-state index in [1.54, 1.807) is 16.7 Å². The monoisotopic (exact) mass is 408 g/mol. The molecule has 1 aliphatic rings. The van der Waals surface area contributed by atoms with Crippen LogP contribution in [0.25, 0.3) is 0 Å². The van der Waals surface area contributed by atoms with Gasteiger partial charge in [-0.1, -0.05) is 6.92 Å². The Balaban J connectivity index is 1.56. The summed E-state index contributed by atoms with van der Waals surface area (Å²) in [5.41, 5.74) is 1.97. The Labute approximate surface area is 161 Å². The number of hydrogen-bond donors (Lipinski definition) is 2. The average Bonchev–Trinajstić information content (AvgIpc) is 3.02. The number of carbonyl (C=O) groups excluding carboxylic acids is 2. The molecule has 7 nitrogen and oxygen atoms in total. The number of amides is 1. The van der Waals surface area contributed by atoms with Crippen molar-refractivity contribution in [2.24, 2.45) is 11.1 Å². The summed E-state index contributed by atoms with van der Waals surface area (Å²) in [4.78, 5) is 25.4. The van der Waals surface area contributed by atoms with E-state index in [0.29, 0.717) is 17.2 Å². The molecule has 1 aromatic heterocycles. The van der Waals surface area contributed by atoms with E-state index in [1.165, 1.54) is 29.1 Å². The topological polar surface area (TPSA) is 116 Å². The quantitative estimate of drug-likeness (QED) is 0.737. The number of benzene rings is 1. The summed E-state index contributed by atoms with van der Waals surface area (Å²) in [5.74, 6) is -0.391. The molecule has 3 N–H and O–H groups in total.